The minimum Gasteiger partial charge on any atom is -0.414 e. The van der Waals surface area contributed by atoms with E-state index in [-0.39, 0.29) is 23.1 Å². The van der Waals surface area contributed by atoms with Gasteiger partial charge in [-0.05, 0) is 31.0 Å². The van der Waals surface area contributed by atoms with Crippen LogP contribution in [0.5, 0.6) is 0 Å². The Morgan fingerprint density at radius 3 is 2.62 bits per heavy atom. The number of aromatic nitrogens is 4. The predicted octanol–water partition coefficient (Wildman–Crippen LogP) is 2.73. The van der Waals surface area contributed by atoms with E-state index >= 15 is 0 Å². The molecule has 0 radical (unpaired) electrons. The molecule has 0 amide bonds. The second-order valence-electron chi connectivity index (χ2n) is 8.55. The zero-order valence-corrected chi connectivity index (χ0v) is 17.3. The summed E-state index contributed by atoms with van der Waals surface area (Å²) < 4.78 is 14.4. The molecule has 1 aliphatic rings. The van der Waals surface area contributed by atoms with Gasteiger partial charge in [-0.15, -0.1) is 0 Å². The lowest BCUT2D eigenvalue weighted by Gasteiger charge is -2.38. The van der Waals surface area contributed by atoms with E-state index in [0.29, 0.717) is 30.2 Å². The fourth-order valence-corrected chi connectivity index (χ4v) is 3.92. The van der Waals surface area contributed by atoms with Crippen molar-refractivity contribution in [2.45, 2.75) is 63.9 Å². The van der Waals surface area contributed by atoms with Crippen molar-refractivity contribution in [1.82, 2.24) is 19.5 Å². The van der Waals surface area contributed by atoms with Crippen molar-refractivity contribution in [2.75, 3.05) is 24.7 Å². The lowest BCUT2D eigenvalue weighted by Crippen LogP contribution is -2.43. The summed E-state index contributed by atoms with van der Waals surface area (Å²) in [4.78, 5) is 12.6. The number of anilines is 2. The molecule has 0 aliphatic carbocycles. The summed E-state index contributed by atoms with van der Waals surface area (Å²) in [6.07, 6.45) is 3.80. The first-order valence-corrected chi connectivity index (χ1v) is 12.0. The van der Waals surface area contributed by atoms with Gasteiger partial charge in [0.1, 0.15) is 5.52 Å². The second-order valence-corrected chi connectivity index (χ2v) is 13.4. The Hall–Kier alpha value is -1.71. The molecule has 26 heavy (non-hydrogen) atoms. The summed E-state index contributed by atoms with van der Waals surface area (Å²) in [5, 5.41) is 0.208. The monoisotopic (exact) mass is 378 g/mol. The number of imidazole rings is 1. The number of rotatable bonds is 4. The van der Waals surface area contributed by atoms with Crippen LogP contribution < -0.4 is 11.5 Å². The molecule has 2 aromatic rings. The van der Waals surface area contributed by atoms with Gasteiger partial charge in [-0.25, -0.2) is 4.98 Å². The fraction of sp³-hybridized carbons (Fsp3) is 0.706. The number of hydrogen-bond acceptors (Lipinski definition) is 7. The van der Waals surface area contributed by atoms with Gasteiger partial charge in [-0.2, -0.15) is 9.97 Å². The second kappa shape index (κ2) is 6.79. The molecule has 9 heteroatoms. The van der Waals surface area contributed by atoms with Gasteiger partial charge in [0, 0.05) is 0 Å². The van der Waals surface area contributed by atoms with Crippen LogP contribution in [0.15, 0.2) is 6.33 Å². The maximum Gasteiger partial charge on any atom is 0.224 e. The first kappa shape index (κ1) is 19.1. The molecule has 0 aromatic carbocycles. The van der Waals surface area contributed by atoms with Crippen molar-refractivity contribution in [3.05, 3.63) is 6.33 Å². The number of ether oxygens (including phenoxy) is 1. The van der Waals surface area contributed by atoms with E-state index < -0.39 is 8.32 Å². The van der Waals surface area contributed by atoms with Crippen LogP contribution in [0.25, 0.3) is 11.2 Å². The standard InChI is InChI=1S/C17H30N6O2Si/c1-17(2,3)26(4,5)25-9-12-7-6-11(8-24-12)23-10-20-13-14(18)21-16(19)22-15(13)23/h10-12H,6-9H2,1-5H3,(H4,18,19,21,22)/t11-,12-/m0/s1. The summed E-state index contributed by atoms with van der Waals surface area (Å²) in [7, 11) is -1.75. The maximum absolute atomic E-state index is 6.30. The summed E-state index contributed by atoms with van der Waals surface area (Å²) in [5.41, 5.74) is 12.9. The largest absolute Gasteiger partial charge is 0.414 e. The highest BCUT2D eigenvalue weighted by molar-refractivity contribution is 6.74. The van der Waals surface area contributed by atoms with Crippen LogP contribution in [-0.2, 0) is 9.16 Å². The molecule has 1 saturated heterocycles. The van der Waals surface area contributed by atoms with Crippen molar-refractivity contribution in [3.8, 4) is 0 Å². The van der Waals surface area contributed by atoms with Gasteiger partial charge < -0.3 is 25.2 Å². The van der Waals surface area contributed by atoms with E-state index in [2.05, 4.69) is 48.8 Å². The average molecular weight is 379 g/mol. The highest BCUT2D eigenvalue weighted by atomic mass is 28.4. The third kappa shape index (κ3) is 3.69. The Kier molecular flexibility index (Phi) is 4.97. The van der Waals surface area contributed by atoms with E-state index in [9.17, 15) is 0 Å². The van der Waals surface area contributed by atoms with Crippen molar-refractivity contribution < 1.29 is 9.16 Å². The smallest absolute Gasteiger partial charge is 0.224 e. The topological polar surface area (TPSA) is 114 Å². The van der Waals surface area contributed by atoms with Crippen LogP contribution in [0, 0.1) is 0 Å². The molecular weight excluding hydrogens is 348 g/mol. The van der Waals surface area contributed by atoms with E-state index in [0.717, 1.165) is 12.8 Å². The van der Waals surface area contributed by atoms with Crippen molar-refractivity contribution in [2.24, 2.45) is 0 Å². The molecular formula is C17H30N6O2Si. The number of hydrogen-bond donors (Lipinski definition) is 2. The van der Waals surface area contributed by atoms with Crippen molar-refractivity contribution >= 4 is 31.2 Å². The molecule has 0 unspecified atom stereocenters. The normalized spacial score (nSPS) is 22.0. The van der Waals surface area contributed by atoms with Crippen LogP contribution >= 0.6 is 0 Å². The molecule has 3 rings (SSSR count). The molecule has 0 saturated carbocycles. The number of nitrogen functional groups attached to an aromatic ring is 2. The Balaban J connectivity index is 1.63. The molecule has 0 bridgehead atoms. The third-order valence-electron chi connectivity index (χ3n) is 5.64. The number of fused-ring (bicyclic) bond motifs is 1. The Bertz CT molecular complexity index is 777. The summed E-state index contributed by atoms with van der Waals surface area (Å²) >= 11 is 0. The molecule has 4 N–H and O–H groups in total. The number of nitrogens with two attached hydrogens (primary N) is 2. The quantitative estimate of drug-likeness (QED) is 0.786. The lowest BCUT2D eigenvalue weighted by molar-refractivity contribution is -0.0356. The van der Waals surface area contributed by atoms with Gasteiger partial charge in [-0.3, -0.25) is 0 Å². The molecule has 3 heterocycles. The van der Waals surface area contributed by atoms with Gasteiger partial charge in [-0.1, -0.05) is 20.8 Å². The summed E-state index contributed by atoms with van der Waals surface area (Å²) in [6, 6.07) is 0.165. The van der Waals surface area contributed by atoms with Gasteiger partial charge in [0.05, 0.1) is 31.7 Å². The maximum atomic E-state index is 6.30. The molecule has 1 fully saturated rings. The molecule has 8 nitrogen and oxygen atoms in total. The molecule has 2 aromatic heterocycles. The fourth-order valence-electron chi connectivity index (χ4n) is 2.88. The SMILES string of the molecule is CC(C)(C)[Si](C)(C)OC[C@@H]1CC[C@H](n2cnc3c(N)nc(N)nc32)CO1. The minimum absolute atomic E-state index is 0.139. The van der Waals surface area contributed by atoms with Gasteiger partial charge >= 0.3 is 0 Å². The zero-order valence-electron chi connectivity index (χ0n) is 16.3. The van der Waals surface area contributed by atoms with E-state index in [1.165, 1.54) is 0 Å². The van der Waals surface area contributed by atoms with Crippen molar-refractivity contribution in [1.29, 1.82) is 0 Å². The average Bonchev–Trinajstić information content (AvgIpc) is 2.96. The summed E-state index contributed by atoms with van der Waals surface area (Å²) in [6.45, 7) is 12.5. The van der Waals surface area contributed by atoms with Crippen molar-refractivity contribution in [3.63, 3.8) is 0 Å². The summed E-state index contributed by atoms with van der Waals surface area (Å²) in [5.74, 6) is 0.470. The Morgan fingerprint density at radius 1 is 1.27 bits per heavy atom. The highest BCUT2D eigenvalue weighted by Gasteiger charge is 2.38. The van der Waals surface area contributed by atoms with Gasteiger partial charge in [0.15, 0.2) is 19.8 Å². The van der Waals surface area contributed by atoms with Crippen LogP contribution in [0.1, 0.15) is 39.7 Å². The van der Waals surface area contributed by atoms with Crippen LogP contribution in [0.3, 0.4) is 0 Å². The molecule has 144 valence electrons. The molecule has 1 aliphatic heterocycles. The third-order valence-corrected chi connectivity index (χ3v) is 10.1. The van der Waals surface area contributed by atoms with Gasteiger partial charge in [0.2, 0.25) is 5.95 Å². The molecule has 2 atom stereocenters. The first-order valence-electron chi connectivity index (χ1n) is 9.09. The van der Waals surface area contributed by atoms with Crippen LogP contribution in [0.4, 0.5) is 11.8 Å². The van der Waals surface area contributed by atoms with E-state index in [1.54, 1.807) is 6.33 Å². The lowest BCUT2D eigenvalue weighted by atomic mass is 10.1. The first-order chi connectivity index (χ1) is 12.1. The van der Waals surface area contributed by atoms with Crippen LogP contribution in [-0.4, -0.2) is 47.2 Å². The van der Waals surface area contributed by atoms with E-state index in [4.69, 9.17) is 20.6 Å². The van der Waals surface area contributed by atoms with Crippen LogP contribution in [0.2, 0.25) is 18.1 Å². The molecule has 0 spiro atoms. The Labute approximate surface area is 155 Å². The highest BCUT2D eigenvalue weighted by Crippen LogP contribution is 2.37. The zero-order chi connectivity index (χ0) is 19.1. The predicted molar refractivity (Wildman–Crippen MR) is 105 cm³/mol. The minimum atomic E-state index is -1.75. The Morgan fingerprint density at radius 2 is 2.00 bits per heavy atom. The van der Waals surface area contributed by atoms with Gasteiger partial charge in [0.25, 0.3) is 0 Å². The van der Waals surface area contributed by atoms with E-state index in [1.807, 2.05) is 4.57 Å². The number of nitrogens with zero attached hydrogens (tertiary/aromatic N) is 4.